The van der Waals surface area contributed by atoms with Gasteiger partial charge in [0.2, 0.25) is 0 Å². The molecule has 0 aliphatic rings. The number of carboxylic acid groups (broad SMARTS) is 1. The molecule has 0 heterocycles. The van der Waals surface area contributed by atoms with Crippen molar-refractivity contribution in [3.8, 4) is 0 Å². The van der Waals surface area contributed by atoms with Gasteiger partial charge in [-0.25, -0.2) is 0 Å². The second kappa shape index (κ2) is 7.22. The summed E-state index contributed by atoms with van der Waals surface area (Å²) in [5, 5.41) is 9.23. The number of ether oxygens (including phenoxy) is 1. The van der Waals surface area contributed by atoms with Gasteiger partial charge in [-0.05, 0) is 39.2 Å². The SMILES string of the molecule is CC(C)(C)OC(=O)[C@@H](C(=O)O)C(N)CCc1ccccc1. The Labute approximate surface area is 125 Å². The number of carbonyl (C=O) groups excluding carboxylic acids is 1. The molecule has 2 atom stereocenters. The molecule has 1 aromatic rings. The summed E-state index contributed by atoms with van der Waals surface area (Å²) < 4.78 is 5.13. The standard InChI is InChI=1S/C16H23NO4/c1-16(2,3)21-15(20)13(14(18)19)12(17)10-9-11-7-5-4-6-8-11/h4-8,12-13H,9-10,17H2,1-3H3,(H,18,19)/t12?,13-/m1/s1. The topological polar surface area (TPSA) is 89.6 Å². The zero-order valence-electron chi connectivity index (χ0n) is 12.7. The fourth-order valence-corrected chi connectivity index (χ4v) is 1.97. The van der Waals surface area contributed by atoms with Crippen LogP contribution >= 0.6 is 0 Å². The number of esters is 1. The summed E-state index contributed by atoms with van der Waals surface area (Å²) in [5.74, 6) is -3.37. The molecule has 0 amide bonds. The molecule has 0 saturated carbocycles. The van der Waals surface area contributed by atoms with Gasteiger partial charge in [0.25, 0.3) is 0 Å². The molecular formula is C16H23NO4. The molecule has 1 aromatic carbocycles. The van der Waals surface area contributed by atoms with Crippen LogP contribution < -0.4 is 5.73 Å². The van der Waals surface area contributed by atoms with Gasteiger partial charge in [-0.15, -0.1) is 0 Å². The van der Waals surface area contributed by atoms with Crippen molar-refractivity contribution < 1.29 is 19.4 Å². The van der Waals surface area contributed by atoms with Gasteiger partial charge in [-0.3, -0.25) is 9.59 Å². The minimum absolute atomic E-state index is 0.403. The van der Waals surface area contributed by atoms with E-state index in [-0.39, 0.29) is 0 Å². The Bertz CT molecular complexity index is 479. The lowest BCUT2D eigenvalue weighted by Crippen LogP contribution is -2.44. The first kappa shape index (κ1) is 17.2. The summed E-state index contributed by atoms with van der Waals surface area (Å²) in [6.07, 6.45) is 1.02. The Hall–Kier alpha value is -1.88. The second-order valence-electron chi connectivity index (χ2n) is 6.04. The maximum atomic E-state index is 12.0. The Balaban J connectivity index is 2.67. The number of carbonyl (C=O) groups is 2. The molecule has 116 valence electrons. The molecule has 1 rings (SSSR count). The van der Waals surface area contributed by atoms with E-state index in [0.29, 0.717) is 12.8 Å². The summed E-state index contributed by atoms with van der Waals surface area (Å²) in [7, 11) is 0. The third-order valence-corrected chi connectivity index (χ3v) is 2.96. The zero-order valence-corrected chi connectivity index (χ0v) is 12.7. The van der Waals surface area contributed by atoms with Crippen molar-refractivity contribution in [3.63, 3.8) is 0 Å². The van der Waals surface area contributed by atoms with Gasteiger partial charge in [-0.1, -0.05) is 30.3 Å². The summed E-state index contributed by atoms with van der Waals surface area (Å²) in [5.41, 5.74) is 6.23. The van der Waals surface area contributed by atoms with Crippen LogP contribution in [0, 0.1) is 5.92 Å². The number of benzene rings is 1. The van der Waals surface area contributed by atoms with E-state index >= 15 is 0 Å². The van der Waals surface area contributed by atoms with Crippen molar-refractivity contribution in [2.45, 2.75) is 45.3 Å². The quantitative estimate of drug-likeness (QED) is 0.618. The van der Waals surface area contributed by atoms with Crippen molar-refractivity contribution in [2.24, 2.45) is 11.7 Å². The molecule has 0 aliphatic heterocycles. The van der Waals surface area contributed by atoms with E-state index in [1.165, 1.54) is 0 Å². The van der Waals surface area contributed by atoms with Gasteiger partial charge in [0.05, 0.1) is 0 Å². The first-order valence-electron chi connectivity index (χ1n) is 6.96. The third-order valence-electron chi connectivity index (χ3n) is 2.96. The largest absolute Gasteiger partial charge is 0.481 e. The van der Waals surface area contributed by atoms with E-state index < -0.39 is 29.5 Å². The van der Waals surface area contributed by atoms with Crippen molar-refractivity contribution in [3.05, 3.63) is 35.9 Å². The van der Waals surface area contributed by atoms with Gasteiger partial charge in [-0.2, -0.15) is 0 Å². The van der Waals surface area contributed by atoms with Crippen LogP contribution in [0.1, 0.15) is 32.8 Å². The highest BCUT2D eigenvalue weighted by atomic mass is 16.6. The van der Waals surface area contributed by atoms with E-state index in [4.69, 9.17) is 10.5 Å². The van der Waals surface area contributed by atoms with Crippen LogP contribution in [0.3, 0.4) is 0 Å². The van der Waals surface area contributed by atoms with Crippen LogP contribution in [0.15, 0.2) is 30.3 Å². The number of aliphatic carboxylic acids is 1. The van der Waals surface area contributed by atoms with Crippen LogP contribution in [0.5, 0.6) is 0 Å². The Kier molecular flexibility index (Phi) is 5.90. The molecule has 0 radical (unpaired) electrons. The zero-order chi connectivity index (χ0) is 16.0. The highest BCUT2D eigenvalue weighted by Gasteiger charge is 2.36. The fraction of sp³-hybridized carbons (Fsp3) is 0.500. The summed E-state index contributed by atoms with van der Waals surface area (Å²) >= 11 is 0. The number of carboxylic acids is 1. The van der Waals surface area contributed by atoms with E-state index in [1.807, 2.05) is 30.3 Å². The number of hydrogen-bond donors (Lipinski definition) is 2. The molecule has 0 saturated heterocycles. The maximum Gasteiger partial charge on any atom is 0.322 e. The predicted molar refractivity (Wildman–Crippen MR) is 79.7 cm³/mol. The Morgan fingerprint density at radius 2 is 1.81 bits per heavy atom. The molecule has 5 heteroatoms. The van der Waals surface area contributed by atoms with Crippen LogP contribution in [-0.2, 0) is 20.7 Å². The van der Waals surface area contributed by atoms with Crippen molar-refractivity contribution in [1.29, 1.82) is 0 Å². The normalized spacial score (nSPS) is 14.3. The lowest BCUT2D eigenvalue weighted by molar-refractivity contribution is -0.167. The minimum atomic E-state index is -1.34. The number of nitrogens with two attached hydrogens (primary N) is 1. The van der Waals surface area contributed by atoms with E-state index in [1.54, 1.807) is 20.8 Å². The van der Waals surface area contributed by atoms with E-state index in [2.05, 4.69) is 0 Å². The molecular weight excluding hydrogens is 270 g/mol. The highest BCUT2D eigenvalue weighted by molar-refractivity contribution is 5.95. The maximum absolute atomic E-state index is 12.0. The smallest absolute Gasteiger partial charge is 0.322 e. The summed E-state index contributed by atoms with van der Waals surface area (Å²) in [4.78, 5) is 23.3. The summed E-state index contributed by atoms with van der Waals surface area (Å²) in [6.45, 7) is 5.08. The van der Waals surface area contributed by atoms with Gasteiger partial charge in [0.1, 0.15) is 5.60 Å². The van der Waals surface area contributed by atoms with Crippen molar-refractivity contribution in [2.75, 3.05) is 0 Å². The average Bonchev–Trinajstić information content (AvgIpc) is 2.35. The van der Waals surface area contributed by atoms with Crippen molar-refractivity contribution >= 4 is 11.9 Å². The molecule has 0 aromatic heterocycles. The van der Waals surface area contributed by atoms with E-state index in [9.17, 15) is 14.7 Å². The average molecular weight is 293 g/mol. The number of rotatable bonds is 6. The van der Waals surface area contributed by atoms with Crippen LogP contribution in [0.4, 0.5) is 0 Å². The first-order chi connectivity index (χ1) is 9.70. The second-order valence-corrected chi connectivity index (χ2v) is 6.04. The first-order valence-corrected chi connectivity index (χ1v) is 6.96. The van der Waals surface area contributed by atoms with Crippen LogP contribution in [0.2, 0.25) is 0 Å². The van der Waals surface area contributed by atoms with Crippen LogP contribution in [-0.4, -0.2) is 28.7 Å². The van der Waals surface area contributed by atoms with Gasteiger partial charge >= 0.3 is 11.9 Å². The fourth-order valence-electron chi connectivity index (χ4n) is 1.97. The molecule has 0 aliphatic carbocycles. The van der Waals surface area contributed by atoms with Gasteiger partial charge in [0.15, 0.2) is 5.92 Å². The lowest BCUT2D eigenvalue weighted by Gasteiger charge is -2.25. The van der Waals surface area contributed by atoms with Crippen LogP contribution in [0.25, 0.3) is 0 Å². The lowest BCUT2D eigenvalue weighted by atomic mass is 9.94. The Morgan fingerprint density at radius 1 is 1.24 bits per heavy atom. The molecule has 0 spiro atoms. The molecule has 21 heavy (non-hydrogen) atoms. The highest BCUT2D eigenvalue weighted by Crippen LogP contribution is 2.16. The molecule has 5 nitrogen and oxygen atoms in total. The minimum Gasteiger partial charge on any atom is -0.481 e. The summed E-state index contributed by atoms with van der Waals surface area (Å²) in [6, 6.07) is 8.82. The third kappa shape index (κ3) is 5.95. The molecule has 0 fully saturated rings. The molecule has 3 N–H and O–H groups in total. The van der Waals surface area contributed by atoms with Crippen molar-refractivity contribution in [1.82, 2.24) is 0 Å². The molecule has 1 unspecified atom stereocenters. The Morgan fingerprint density at radius 3 is 2.29 bits per heavy atom. The predicted octanol–water partition coefficient (Wildman–Crippen LogP) is 1.99. The molecule has 0 bridgehead atoms. The van der Waals surface area contributed by atoms with Gasteiger partial charge in [0, 0.05) is 6.04 Å². The number of hydrogen-bond acceptors (Lipinski definition) is 4. The van der Waals surface area contributed by atoms with E-state index in [0.717, 1.165) is 5.56 Å². The number of aryl methyl sites for hydroxylation is 1. The van der Waals surface area contributed by atoms with Gasteiger partial charge < -0.3 is 15.6 Å². The monoisotopic (exact) mass is 293 g/mol.